The molecule has 0 aliphatic heterocycles. The fourth-order valence-electron chi connectivity index (χ4n) is 3.47. The Morgan fingerprint density at radius 1 is 1.00 bits per heavy atom. The van der Waals surface area contributed by atoms with Gasteiger partial charge >= 0.3 is 0 Å². The van der Waals surface area contributed by atoms with Crippen LogP contribution in [0, 0.1) is 6.92 Å². The van der Waals surface area contributed by atoms with Crippen LogP contribution in [-0.4, -0.2) is 32.0 Å². The molecule has 1 heterocycles. The third-order valence-electron chi connectivity index (χ3n) is 5.90. The standard InChI is InChI=1S/C17H23N3O3S.C14H14O/c1-10-8-12(15-19-20-16(23-15)17(3,4)5)6-7-14(10)24(22)9-13(18)11(2)21;1-2-12-8-10-14(11-9-12)15-13-6-4-3-5-7-13/h6-8,13H,9,18H2,1-5H3;3-11H,2H2,1H3/t13-,24?;/m0./s1. The average molecular weight is 548 g/mol. The lowest BCUT2D eigenvalue weighted by Gasteiger charge is -2.11. The second-order valence-corrected chi connectivity index (χ2v) is 11.7. The highest BCUT2D eigenvalue weighted by molar-refractivity contribution is 7.85. The van der Waals surface area contributed by atoms with Crippen LogP contribution in [0.5, 0.6) is 11.5 Å². The number of ether oxygens (including phenoxy) is 1. The Balaban J connectivity index is 0.000000239. The van der Waals surface area contributed by atoms with Crippen molar-refractivity contribution in [2.45, 2.75) is 64.3 Å². The summed E-state index contributed by atoms with van der Waals surface area (Å²) < 4.78 is 23.8. The molecule has 2 N–H and O–H groups in total. The van der Waals surface area contributed by atoms with E-state index in [0.717, 1.165) is 29.0 Å². The average Bonchev–Trinajstić information content (AvgIpc) is 3.41. The summed E-state index contributed by atoms with van der Waals surface area (Å²) in [6.07, 6.45) is 1.06. The number of nitrogens with zero attached hydrogens (tertiary/aromatic N) is 2. The van der Waals surface area contributed by atoms with E-state index >= 15 is 0 Å². The van der Waals surface area contributed by atoms with Gasteiger partial charge in [-0.15, -0.1) is 10.2 Å². The first kappa shape index (κ1) is 29.9. The van der Waals surface area contributed by atoms with E-state index in [-0.39, 0.29) is 17.0 Å². The normalized spacial score (nSPS) is 12.7. The smallest absolute Gasteiger partial charge is 0.247 e. The number of aryl methyl sites for hydroxylation is 2. The Hall–Kier alpha value is -3.62. The number of aromatic nitrogens is 2. The van der Waals surface area contributed by atoms with Crippen molar-refractivity contribution < 1.29 is 18.2 Å². The van der Waals surface area contributed by atoms with E-state index in [1.54, 1.807) is 12.1 Å². The molecule has 2 atom stereocenters. The summed E-state index contributed by atoms with van der Waals surface area (Å²) in [4.78, 5) is 11.9. The molecule has 0 spiro atoms. The molecule has 0 aliphatic rings. The Morgan fingerprint density at radius 3 is 2.18 bits per heavy atom. The SMILES string of the molecule is CC(=O)[C@@H](N)CS(=O)c1ccc(-c2nnc(C(C)(C)C)o2)cc1C.CCc1ccc(Oc2ccccc2)cc1. The molecule has 0 amide bonds. The monoisotopic (exact) mass is 547 g/mol. The molecule has 0 saturated heterocycles. The summed E-state index contributed by atoms with van der Waals surface area (Å²) >= 11 is 0. The van der Waals surface area contributed by atoms with Crippen molar-refractivity contribution in [2.24, 2.45) is 5.73 Å². The zero-order chi connectivity index (χ0) is 28.6. The number of Topliss-reactive ketones (excluding diaryl/α,β-unsaturated/α-hetero) is 1. The van der Waals surface area contributed by atoms with Crippen LogP contribution in [0.25, 0.3) is 11.5 Å². The van der Waals surface area contributed by atoms with Crippen molar-refractivity contribution in [3.63, 3.8) is 0 Å². The second-order valence-electron chi connectivity index (χ2n) is 10.3. The Kier molecular flexibility index (Phi) is 10.3. The van der Waals surface area contributed by atoms with Crippen LogP contribution in [0.3, 0.4) is 0 Å². The summed E-state index contributed by atoms with van der Waals surface area (Å²) in [6, 6.07) is 22.7. The van der Waals surface area contributed by atoms with E-state index in [4.69, 9.17) is 14.9 Å². The third kappa shape index (κ3) is 8.70. The summed E-state index contributed by atoms with van der Waals surface area (Å²) in [6.45, 7) is 11.4. The van der Waals surface area contributed by atoms with Crippen LogP contribution in [0.2, 0.25) is 0 Å². The molecular formula is C31H37N3O4S. The Bertz CT molecular complexity index is 1390. The summed E-state index contributed by atoms with van der Waals surface area (Å²) in [5.74, 6) is 2.71. The van der Waals surface area contributed by atoms with Crippen molar-refractivity contribution in [2.75, 3.05) is 5.75 Å². The van der Waals surface area contributed by atoms with Crippen LogP contribution in [0.4, 0.5) is 0 Å². The van der Waals surface area contributed by atoms with Gasteiger partial charge in [0.2, 0.25) is 11.8 Å². The van der Waals surface area contributed by atoms with Crippen LogP contribution in [0.1, 0.15) is 51.6 Å². The fourth-order valence-corrected chi connectivity index (χ4v) is 4.85. The minimum absolute atomic E-state index is 0.115. The Morgan fingerprint density at radius 2 is 1.64 bits per heavy atom. The van der Waals surface area contributed by atoms with E-state index in [9.17, 15) is 9.00 Å². The van der Waals surface area contributed by atoms with E-state index < -0.39 is 16.8 Å². The van der Waals surface area contributed by atoms with Gasteiger partial charge in [0.15, 0.2) is 0 Å². The maximum atomic E-state index is 12.4. The van der Waals surface area contributed by atoms with Crippen molar-refractivity contribution in [3.8, 4) is 23.0 Å². The molecule has 206 valence electrons. The summed E-state index contributed by atoms with van der Waals surface area (Å²) in [5.41, 5.74) is 8.41. The van der Waals surface area contributed by atoms with E-state index in [0.29, 0.717) is 16.7 Å². The molecule has 1 aromatic heterocycles. The first-order valence-electron chi connectivity index (χ1n) is 12.9. The van der Waals surface area contributed by atoms with Crippen LogP contribution in [0.15, 0.2) is 82.1 Å². The van der Waals surface area contributed by atoms with Gasteiger partial charge in [-0.05, 0) is 73.9 Å². The zero-order valence-electron chi connectivity index (χ0n) is 23.4. The topological polar surface area (TPSA) is 108 Å². The molecule has 0 aliphatic carbocycles. The second kappa shape index (κ2) is 13.4. The molecule has 4 aromatic rings. The summed E-state index contributed by atoms with van der Waals surface area (Å²) in [5, 5.41) is 8.16. The number of hydrogen-bond donors (Lipinski definition) is 1. The molecule has 0 bridgehead atoms. The fraction of sp³-hybridized carbons (Fsp3) is 0.323. The quantitative estimate of drug-likeness (QED) is 0.272. The van der Waals surface area contributed by atoms with Gasteiger partial charge in [-0.25, -0.2) is 0 Å². The molecule has 0 radical (unpaired) electrons. The minimum atomic E-state index is -1.33. The number of hydrogen-bond acceptors (Lipinski definition) is 7. The zero-order valence-corrected chi connectivity index (χ0v) is 24.2. The minimum Gasteiger partial charge on any atom is -0.457 e. The van der Waals surface area contributed by atoms with E-state index in [1.807, 2.05) is 76.2 Å². The van der Waals surface area contributed by atoms with Crippen LogP contribution in [-0.2, 0) is 27.4 Å². The molecule has 0 fully saturated rings. The van der Waals surface area contributed by atoms with Crippen LogP contribution < -0.4 is 10.5 Å². The van der Waals surface area contributed by atoms with Crippen molar-refractivity contribution in [1.82, 2.24) is 10.2 Å². The number of carbonyl (C=O) groups excluding carboxylic acids is 1. The van der Waals surface area contributed by atoms with E-state index in [1.165, 1.54) is 12.5 Å². The number of rotatable bonds is 8. The molecule has 0 saturated carbocycles. The number of benzene rings is 3. The van der Waals surface area contributed by atoms with Crippen molar-refractivity contribution in [1.29, 1.82) is 0 Å². The van der Waals surface area contributed by atoms with Gasteiger partial charge < -0.3 is 14.9 Å². The number of nitrogens with two attached hydrogens (primary N) is 1. The lowest BCUT2D eigenvalue weighted by Crippen LogP contribution is -2.34. The van der Waals surface area contributed by atoms with Gasteiger partial charge in [-0.3, -0.25) is 9.00 Å². The first-order valence-corrected chi connectivity index (χ1v) is 14.2. The maximum Gasteiger partial charge on any atom is 0.247 e. The molecule has 3 aromatic carbocycles. The first-order chi connectivity index (χ1) is 18.5. The van der Waals surface area contributed by atoms with E-state index in [2.05, 4.69) is 29.3 Å². The molecular weight excluding hydrogens is 510 g/mol. The third-order valence-corrected chi connectivity index (χ3v) is 7.51. The lowest BCUT2D eigenvalue weighted by atomic mass is 9.97. The number of para-hydroxylation sites is 1. The highest BCUT2D eigenvalue weighted by Gasteiger charge is 2.22. The molecule has 7 nitrogen and oxygen atoms in total. The number of ketones is 1. The molecule has 39 heavy (non-hydrogen) atoms. The predicted molar refractivity (Wildman–Crippen MR) is 155 cm³/mol. The lowest BCUT2D eigenvalue weighted by molar-refractivity contribution is -0.117. The maximum absolute atomic E-state index is 12.4. The van der Waals surface area contributed by atoms with Crippen LogP contribution >= 0.6 is 0 Å². The van der Waals surface area contributed by atoms with Gasteiger partial charge in [-0.1, -0.05) is 58.0 Å². The highest BCUT2D eigenvalue weighted by Crippen LogP contribution is 2.27. The summed E-state index contributed by atoms with van der Waals surface area (Å²) in [7, 11) is -1.33. The molecule has 4 rings (SSSR count). The van der Waals surface area contributed by atoms with Gasteiger partial charge in [0.1, 0.15) is 17.3 Å². The van der Waals surface area contributed by atoms with Gasteiger partial charge in [0, 0.05) is 15.9 Å². The Labute approximate surface area is 233 Å². The van der Waals surface area contributed by atoms with Crippen molar-refractivity contribution >= 4 is 16.6 Å². The van der Waals surface area contributed by atoms with Gasteiger partial charge in [-0.2, -0.15) is 0 Å². The highest BCUT2D eigenvalue weighted by atomic mass is 32.2. The molecule has 1 unspecified atom stereocenters. The number of carbonyl (C=O) groups is 1. The van der Waals surface area contributed by atoms with Gasteiger partial charge in [0.25, 0.3) is 0 Å². The van der Waals surface area contributed by atoms with Gasteiger partial charge in [0.05, 0.1) is 22.6 Å². The molecule has 8 heteroatoms. The largest absolute Gasteiger partial charge is 0.457 e. The predicted octanol–water partition coefficient (Wildman–Crippen LogP) is 6.41. The van der Waals surface area contributed by atoms with Crippen molar-refractivity contribution in [3.05, 3.63) is 89.8 Å².